The summed E-state index contributed by atoms with van der Waals surface area (Å²) in [5, 5.41) is 0.668. The fourth-order valence-corrected chi connectivity index (χ4v) is 3.44. The summed E-state index contributed by atoms with van der Waals surface area (Å²) in [5.74, 6) is -0.315. The summed E-state index contributed by atoms with van der Waals surface area (Å²) in [7, 11) is 0. The van der Waals surface area contributed by atoms with Crippen LogP contribution in [-0.2, 0) is 0 Å². The molecule has 1 amide bonds. The van der Waals surface area contributed by atoms with Gasteiger partial charge in [0.1, 0.15) is 5.75 Å². The molecule has 1 aliphatic heterocycles. The number of halogens is 4. The van der Waals surface area contributed by atoms with Crippen LogP contribution in [0.1, 0.15) is 41.1 Å². The van der Waals surface area contributed by atoms with Gasteiger partial charge in [0.15, 0.2) is 0 Å². The first-order chi connectivity index (χ1) is 12.8. The molecule has 2 aromatic rings. The van der Waals surface area contributed by atoms with E-state index < -0.39 is 6.36 Å². The Morgan fingerprint density at radius 2 is 1.70 bits per heavy atom. The number of carbonyl (C=O) groups is 1. The Balaban J connectivity index is 1.72. The first-order valence-corrected chi connectivity index (χ1v) is 9.10. The van der Waals surface area contributed by atoms with E-state index in [1.807, 2.05) is 24.3 Å². The lowest BCUT2D eigenvalue weighted by molar-refractivity contribution is -0.274. The zero-order valence-corrected chi connectivity index (χ0v) is 15.3. The van der Waals surface area contributed by atoms with E-state index in [0.29, 0.717) is 23.7 Å². The van der Waals surface area contributed by atoms with Crippen molar-refractivity contribution >= 4 is 17.5 Å². The second-order valence-corrected chi connectivity index (χ2v) is 7.00. The summed E-state index contributed by atoms with van der Waals surface area (Å²) in [6, 6.07) is 12.7. The highest BCUT2D eigenvalue weighted by molar-refractivity contribution is 6.30. The fourth-order valence-electron chi connectivity index (χ4n) is 3.32. The predicted molar refractivity (Wildman–Crippen MR) is 97.1 cm³/mol. The van der Waals surface area contributed by atoms with Crippen LogP contribution in [0.5, 0.6) is 5.75 Å². The molecule has 0 aromatic heterocycles. The van der Waals surface area contributed by atoms with Crippen LogP contribution in [0.15, 0.2) is 48.5 Å². The van der Waals surface area contributed by atoms with Gasteiger partial charge in [-0.2, -0.15) is 0 Å². The van der Waals surface area contributed by atoms with E-state index in [9.17, 15) is 18.0 Å². The highest BCUT2D eigenvalue weighted by Gasteiger charge is 2.31. The number of hydrogen-bond donors (Lipinski definition) is 0. The molecular weight excluding hydrogens is 379 g/mol. The highest BCUT2D eigenvalue weighted by atomic mass is 35.5. The quantitative estimate of drug-likeness (QED) is 0.670. The average Bonchev–Trinajstić information content (AvgIpc) is 2.87. The third kappa shape index (κ3) is 5.39. The smallest absolute Gasteiger partial charge is 0.406 e. The molecule has 7 heteroatoms. The van der Waals surface area contributed by atoms with Gasteiger partial charge in [0.2, 0.25) is 0 Å². The molecule has 3 nitrogen and oxygen atoms in total. The molecule has 1 heterocycles. The second kappa shape index (κ2) is 8.21. The molecule has 0 saturated carbocycles. The Kier molecular flexibility index (Phi) is 5.95. The van der Waals surface area contributed by atoms with Gasteiger partial charge in [0, 0.05) is 29.6 Å². The predicted octanol–water partition coefficient (Wildman–Crippen LogP) is 5.65. The molecule has 0 spiro atoms. The Labute approximate surface area is 160 Å². The van der Waals surface area contributed by atoms with Crippen LogP contribution in [0.25, 0.3) is 0 Å². The molecule has 0 N–H and O–H groups in total. The van der Waals surface area contributed by atoms with E-state index in [1.165, 1.54) is 12.1 Å². The summed E-state index contributed by atoms with van der Waals surface area (Å²) in [4.78, 5) is 14.6. The topological polar surface area (TPSA) is 29.5 Å². The maximum absolute atomic E-state index is 12.8. The lowest BCUT2D eigenvalue weighted by Gasteiger charge is -2.25. The van der Waals surface area contributed by atoms with Crippen LogP contribution in [0, 0.1) is 0 Å². The summed E-state index contributed by atoms with van der Waals surface area (Å²) < 4.78 is 40.6. The van der Waals surface area contributed by atoms with E-state index in [0.717, 1.165) is 37.0 Å². The van der Waals surface area contributed by atoms with Crippen LogP contribution < -0.4 is 4.74 Å². The minimum Gasteiger partial charge on any atom is -0.406 e. The third-order valence-electron chi connectivity index (χ3n) is 4.63. The van der Waals surface area contributed by atoms with Gasteiger partial charge in [-0.3, -0.25) is 4.79 Å². The number of likely N-dealkylation sites (tertiary alicyclic amines) is 1. The Bertz CT molecular complexity index is 775. The number of hydrogen-bond acceptors (Lipinski definition) is 2. The molecule has 3 rings (SSSR count). The first kappa shape index (κ1) is 19.5. The van der Waals surface area contributed by atoms with Crippen molar-refractivity contribution in [2.75, 3.05) is 13.1 Å². The van der Waals surface area contributed by atoms with Crippen molar-refractivity contribution in [3.63, 3.8) is 0 Å². The van der Waals surface area contributed by atoms with Gasteiger partial charge in [0.25, 0.3) is 5.91 Å². The Morgan fingerprint density at radius 3 is 2.33 bits per heavy atom. The lowest BCUT2D eigenvalue weighted by Crippen LogP contribution is -2.34. The summed E-state index contributed by atoms with van der Waals surface area (Å²) in [6.45, 7) is 1.20. The van der Waals surface area contributed by atoms with Crippen LogP contribution in [-0.4, -0.2) is 30.3 Å². The maximum atomic E-state index is 12.8. The van der Waals surface area contributed by atoms with Gasteiger partial charge >= 0.3 is 6.36 Å². The first-order valence-electron chi connectivity index (χ1n) is 8.72. The number of nitrogens with zero attached hydrogens (tertiary/aromatic N) is 1. The van der Waals surface area contributed by atoms with E-state index in [1.54, 1.807) is 4.90 Å². The maximum Gasteiger partial charge on any atom is 0.573 e. The van der Waals surface area contributed by atoms with E-state index in [4.69, 9.17) is 11.6 Å². The number of carbonyl (C=O) groups excluding carboxylic acids is 1. The van der Waals surface area contributed by atoms with Crippen LogP contribution >= 0.6 is 11.6 Å². The van der Waals surface area contributed by atoms with E-state index in [-0.39, 0.29) is 17.6 Å². The van der Waals surface area contributed by atoms with Crippen molar-refractivity contribution in [3.8, 4) is 5.75 Å². The Hall–Kier alpha value is -2.21. The van der Waals surface area contributed by atoms with Crippen molar-refractivity contribution in [2.45, 2.75) is 31.5 Å². The molecule has 1 aliphatic rings. The molecular formula is C20H19ClF3NO2. The van der Waals surface area contributed by atoms with Crippen LogP contribution in [0.2, 0.25) is 5.02 Å². The minimum atomic E-state index is -4.75. The highest BCUT2D eigenvalue weighted by Crippen LogP contribution is 2.29. The van der Waals surface area contributed by atoms with E-state index in [2.05, 4.69) is 4.74 Å². The zero-order valence-electron chi connectivity index (χ0n) is 14.5. The molecule has 144 valence electrons. The van der Waals surface area contributed by atoms with Crippen molar-refractivity contribution in [1.29, 1.82) is 0 Å². The largest absolute Gasteiger partial charge is 0.573 e. The summed E-state index contributed by atoms with van der Waals surface area (Å²) >= 11 is 5.95. The van der Waals surface area contributed by atoms with Gasteiger partial charge < -0.3 is 9.64 Å². The standard InChI is InChI=1S/C20H19ClF3NO2/c21-17-8-4-14(5-9-17)16-3-1-2-12-25(13-16)19(26)15-6-10-18(11-7-15)27-20(22,23)24/h4-11,16H,1-3,12-13H2. The van der Waals surface area contributed by atoms with Gasteiger partial charge in [-0.05, 0) is 54.8 Å². The second-order valence-electron chi connectivity index (χ2n) is 6.57. The number of alkyl halides is 3. The molecule has 0 aliphatic carbocycles. The number of rotatable bonds is 3. The summed E-state index contributed by atoms with van der Waals surface area (Å²) in [5.41, 5.74) is 1.48. The molecule has 1 saturated heterocycles. The lowest BCUT2D eigenvalue weighted by atomic mass is 9.94. The van der Waals surface area contributed by atoms with Crippen molar-refractivity contribution in [2.24, 2.45) is 0 Å². The molecule has 2 aromatic carbocycles. The minimum absolute atomic E-state index is 0.186. The van der Waals surface area contributed by atoms with Gasteiger partial charge in [0.05, 0.1) is 0 Å². The van der Waals surface area contributed by atoms with Gasteiger partial charge in [-0.25, -0.2) is 0 Å². The van der Waals surface area contributed by atoms with Crippen LogP contribution in [0.4, 0.5) is 13.2 Å². The Morgan fingerprint density at radius 1 is 1.04 bits per heavy atom. The normalized spacial score (nSPS) is 18.1. The molecule has 1 unspecified atom stereocenters. The number of benzene rings is 2. The molecule has 27 heavy (non-hydrogen) atoms. The van der Waals surface area contributed by atoms with Crippen molar-refractivity contribution in [3.05, 3.63) is 64.7 Å². The number of amides is 1. The van der Waals surface area contributed by atoms with Crippen molar-refractivity contribution in [1.82, 2.24) is 4.90 Å². The van der Waals surface area contributed by atoms with E-state index >= 15 is 0 Å². The fraction of sp³-hybridized carbons (Fsp3) is 0.350. The van der Waals surface area contributed by atoms with Crippen LogP contribution in [0.3, 0.4) is 0 Å². The molecule has 1 atom stereocenters. The SMILES string of the molecule is O=C(c1ccc(OC(F)(F)F)cc1)N1CCCCC(c2ccc(Cl)cc2)C1. The third-order valence-corrected chi connectivity index (χ3v) is 4.89. The van der Waals surface area contributed by atoms with Crippen molar-refractivity contribution < 1.29 is 22.7 Å². The molecule has 0 radical (unpaired) electrons. The number of ether oxygens (including phenoxy) is 1. The molecule has 1 fully saturated rings. The monoisotopic (exact) mass is 397 g/mol. The van der Waals surface area contributed by atoms with Gasteiger partial charge in [-0.1, -0.05) is 30.2 Å². The summed E-state index contributed by atoms with van der Waals surface area (Å²) in [6.07, 6.45) is -1.87. The van der Waals surface area contributed by atoms with Gasteiger partial charge in [-0.15, -0.1) is 13.2 Å². The zero-order chi connectivity index (χ0) is 19.4. The average molecular weight is 398 g/mol. The molecule has 0 bridgehead atoms.